The first-order chi connectivity index (χ1) is 8.09. The summed E-state index contributed by atoms with van der Waals surface area (Å²) >= 11 is 0. The molecule has 17 heavy (non-hydrogen) atoms. The maximum absolute atomic E-state index is 3.67. The number of anilines is 1. The van der Waals surface area contributed by atoms with E-state index in [4.69, 9.17) is 0 Å². The van der Waals surface area contributed by atoms with Crippen molar-refractivity contribution in [2.24, 2.45) is 5.41 Å². The second-order valence-electron chi connectivity index (χ2n) is 6.20. The van der Waals surface area contributed by atoms with Gasteiger partial charge >= 0.3 is 0 Å². The van der Waals surface area contributed by atoms with E-state index in [2.05, 4.69) is 50.4 Å². The molecule has 1 atom stereocenters. The fraction of sp³-hybridized carbons (Fsp3) is 0.625. The summed E-state index contributed by atoms with van der Waals surface area (Å²) in [5.74, 6) is 0. The SMILES string of the molecule is CCCc1ccc(NC2CCC(C)(C)C2)cc1. The molecule has 0 saturated heterocycles. The molecule has 0 spiro atoms. The minimum Gasteiger partial charge on any atom is -0.382 e. The van der Waals surface area contributed by atoms with Gasteiger partial charge in [-0.05, 0) is 48.8 Å². The molecule has 1 aromatic rings. The zero-order valence-corrected chi connectivity index (χ0v) is 11.4. The average Bonchev–Trinajstić information content (AvgIpc) is 2.61. The highest BCUT2D eigenvalue weighted by Gasteiger charge is 2.30. The van der Waals surface area contributed by atoms with Crippen LogP contribution in [-0.4, -0.2) is 6.04 Å². The Balaban J connectivity index is 1.91. The predicted octanol–water partition coefficient (Wildman–Crippen LogP) is 4.63. The second kappa shape index (κ2) is 5.12. The van der Waals surface area contributed by atoms with E-state index in [1.807, 2.05) is 0 Å². The van der Waals surface area contributed by atoms with Crippen LogP contribution in [0.3, 0.4) is 0 Å². The number of benzene rings is 1. The molecule has 0 aromatic heterocycles. The van der Waals surface area contributed by atoms with Gasteiger partial charge in [0.1, 0.15) is 0 Å². The van der Waals surface area contributed by atoms with E-state index in [0.717, 1.165) is 0 Å². The molecule has 1 fully saturated rings. The molecule has 0 aliphatic heterocycles. The van der Waals surface area contributed by atoms with Gasteiger partial charge in [0.15, 0.2) is 0 Å². The molecule has 0 bridgehead atoms. The van der Waals surface area contributed by atoms with Crippen molar-refractivity contribution in [3.05, 3.63) is 29.8 Å². The summed E-state index contributed by atoms with van der Waals surface area (Å²) in [7, 11) is 0. The van der Waals surface area contributed by atoms with Gasteiger partial charge in [0, 0.05) is 11.7 Å². The molecule has 1 nitrogen and oxygen atoms in total. The normalized spacial score (nSPS) is 22.6. The van der Waals surface area contributed by atoms with Crippen LogP contribution in [0.1, 0.15) is 52.0 Å². The number of rotatable bonds is 4. The Morgan fingerprint density at radius 3 is 2.47 bits per heavy atom. The zero-order chi connectivity index (χ0) is 12.3. The van der Waals surface area contributed by atoms with E-state index in [9.17, 15) is 0 Å². The first-order valence-corrected chi connectivity index (χ1v) is 6.94. The Hall–Kier alpha value is -0.980. The highest BCUT2D eigenvalue weighted by molar-refractivity contribution is 5.45. The van der Waals surface area contributed by atoms with Crippen molar-refractivity contribution in [2.75, 3.05) is 5.32 Å². The lowest BCUT2D eigenvalue weighted by atomic mass is 9.92. The standard InChI is InChI=1S/C16H25N/c1-4-5-13-6-8-14(9-7-13)17-15-10-11-16(2,3)12-15/h6-9,15,17H,4-5,10-12H2,1-3H3. The Labute approximate surface area is 106 Å². The summed E-state index contributed by atoms with van der Waals surface area (Å²) in [6, 6.07) is 9.65. The third kappa shape index (κ3) is 3.49. The molecule has 1 aromatic carbocycles. The molecule has 1 aliphatic rings. The van der Waals surface area contributed by atoms with Crippen LogP contribution in [0.25, 0.3) is 0 Å². The molecule has 1 N–H and O–H groups in total. The van der Waals surface area contributed by atoms with Gasteiger partial charge in [-0.2, -0.15) is 0 Å². The van der Waals surface area contributed by atoms with Gasteiger partial charge in [-0.1, -0.05) is 39.3 Å². The van der Waals surface area contributed by atoms with E-state index < -0.39 is 0 Å². The number of hydrogen-bond donors (Lipinski definition) is 1. The lowest BCUT2D eigenvalue weighted by Gasteiger charge is -2.18. The van der Waals surface area contributed by atoms with Crippen molar-refractivity contribution >= 4 is 5.69 Å². The zero-order valence-electron chi connectivity index (χ0n) is 11.4. The van der Waals surface area contributed by atoms with Crippen LogP contribution in [0.4, 0.5) is 5.69 Å². The fourth-order valence-corrected chi connectivity index (χ4v) is 2.85. The van der Waals surface area contributed by atoms with Crippen molar-refractivity contribution in [3.63, 3.8) is 0 Å². The Morgan fingerprint density at radius 2 is 1.94 bits per heavy atom. The lowest BCUT2D eigenvalue weighted by molar-refractivity contribution is 0.378. The molecule has 0 radical (unpaired) electrons. The third-order valence-corrected chi connectivity index (χ3v) is 3.83. The van der Waals surface area contributed by atoms with E-state index in [-0.39, 0.29) is 0 Å². The summed E-state index contributed by atoms with van der Waals surface area (Å²) < 4.78 is 0. The maximum atomic E-state index is 3.67. The fourth-order valence-electron chi connectivity index (χ4n) is 2.85. The lowest BCUT2D eigenvalue weighted by Crippen LogP contribution is -2.17. The molecule has 0 amide bonds. The van der Waals surface area contributed by atoms with Gasteiger partial charge in [-0.15, -0.1) is 0 Å². The monoisotopic (exact) mass is 231 g/mol. The van der Waals surface area contributed by atoms with Crippen LogP contribution in [-0.2, 0) is 6.42 Å². The van der Waals surface area contributed by atoms with Crippen LogP contribution in [0.5, 0.6) is 0 Å². The van der Waals surface area contributed by atoms with Gasteiger partial charge in [0.25, 0.3) is 0 Å². The van der Waals surface area contributed by atoms with Gasteiger partial charge < -0.3 is 5.32 Å². The third-order valence-electron chi connectivity index (χ3n) is 3.83. The minimum atomic E-state index is 0.528. The smallest absolute Gasteiger partial charge is 0.0342 e. The summed E-state index contributed by atoms with van der Waals surface area (Å²) in [4.78, 5) is 0. The predicted molar refractivity (Wildman–Crippen MR) is 75.5 cm³/mol. The second-order valence-corrected chi connectivity index (χ2v) is 6.20. The number of hydrogen-bond acceptors (Lipinski definition) is 1. The summed E-state index contributed by atoms with van der Waals surface area (Å²) in [6.07, 6.45) is 6.37. The molecule has 1 saturated carbocycles. The average molecular weight is 231 g/mol. The highest BCUT2D eigenvalue weighted by atomic mass is 14.9. The van der Waals surface area contributed by atoms with Gasteiger partial charge in [-0.25, -0.2) is 0 Å². The van der Waals surface area contributed by atoms with Crippen LogP contribution in [0, 0.1) is 5.41 Å². The van der Waals surface area contributed by atoms with Crippen molar-refractivity contribution < 1.29 is 0 Å². The first-order valence-electron chi connectivity index (χ1n) is 6.94. The van der Waals surface area contributed by atoms with Crippen molar-refractivity contribution in [2.45, 2.75) is 58.9 Å². The van der Waals surface area contributed by atoms with Crippen molar-refractivity contribution in [1.82, 2.24) is 0 Å². The minimum absolute atomic E-state index is 0.528. The highest BCUT2D eigenvalue weighted by Crippen LogP contribution is 2.38. The van der Waals surface area contributed by atoms with Crippen LogP contribution in [0.15, 0.2) is 24.3 Å². The Bertz CT molecular complexity index is 350. The van der Waals surface area contributed by atoms with Gasteiger partial charge in [0.05, 0.1) is 0 Å². The van der Waals surface area contributed by atoms with E-state index in [1.54, 1.807) is 0 Å². The largest absolute Gasteiger partial charge is 0.382 e. The van der Waals surface area contributed by atoms with Crippen molar-refractivity contribution in [1.29, 1.82) is 0 Å². The molecule has 1 heteroatoms. The summed E-state index contributed by atoms with van der Waals surface area (Å²) in [5.41, 5.74) is 3.26. The quantitative estimate of drug-likeness (QED) is 0.796. The maximum Gasteiger partial charge on any atom is 0.0342 e. The van der Waals surface area contributed by atoms with E-state index >= 15 is 0 Å². The van der Waals surface area contributed by atoms with Crippen LogP contribution in [0.2, 0.25) is 0 Å². The first kappa shape index (κ1) is 12.5. The van der Waals surface area contributed by atoms with Gasteiger partial charge in [0.2, 0.25) is 0 Å². The number of nitrogens with one attached hydrogen (secondary N) is 1. The molecular weight excluding hydrogens is 206 g/mol. The Kier molecular flexibility index (Phi) is 3.76. The molecular formula is C16H25N. The van der Waals surface area contributed by atoms with Gasteiger partial charge in [-0.3, -0.25) is 0 Å². The summed E-state index contributed by atoms with van der Waals surface area (Å²) in [6.45, 7) is 6.98. The number of aryl methyl sites for hydroxylation is 1. The molecule has 0 heterocycles. The van der Waals surface area contributed by atoms with Crippen LogP contribution >= 0.6 is 0 Å². The molecule has 94 valence electrons. The molecule has 2 rings (SSSR count). The summed E-state index contributed by atoms with van der Waals surface area (Å²) in [5, 5.41) is 3.67. The molecule has 1 unspecified atom stereocenters. The van der Waals surface area contributed by atoms with E-state index in [0.29, 0.717) is 11.5 Å². The van der Waals surface area contributed by atoms with Crippen molar-refractivity contribution in [3.8, 4) is 0 Å². The topological polar surface area (TPSA) is 12.0 Å². The van der Waals surface area contributed by atoms with E-state index in [1.165, 1.54) is 43.4 Å². The Morgan fingerprint density at radius 1 is 1.24 bits per heavy atom. The van der Waals surface area contributed by atoms with Crippen LogP contribution < -0.4 is 5.32 Å². The molecule has 1 aliphatic carbocycles.